The normalized spacial score (nSPS) is 15.9. The van der Waals surface area contributed by atoms with Crippen LogP contribution in [0.25, 0.3) is 26.9 Å². The molecule has 2 nitrogen and oxygen atoms in total. The molecule has 0 unspecified atom stereocenters. The van der Waals surface area contributed by atoms with Crippen LogP contribution in [0.3, 0.4) is 0 Å². The maximum atomic E-state index is 7.85. The fourth-order valence-electron chi connectivity index (χ4n) is 2.73. The molecule has 0 atom stereocenters. The summed E-state index contributed by atoms with van der Waals surface area (Å²) in [7, 11) is 1.83. The fourth-order valence-corrected chi connectivity index (χ4v) is 2.73. The largest absolute Gasteiger partial charge is 0.238 e. The van der Waals surface area contributed by atoms with Crippen LogP contribution in [0.2, 0.25) is 0 Å². The molecule has 3 aromatic rings. The van der Waals surface area contributed by atoms with Crippen molar-refractivity contribution in [1.82, 2.24) is 0 Å². The van der Waals surface area contributed by atoms with E-state index in [1.165, 1.54) is 6.07 Å². The smallest absolute Gasteiger partial charge is 0.220 e. The molecular weight excluding hydrogens is 268 g/mol. The van der Waals surface area contributed by atoms with E-state index in [1.54, 1.807) is 25.1 Å². The minimum atomic E-state index is -2.43. The second-order valence-electron chi connectivity index (χ2n) is 5.35. The summed E-state index contributed by atoms with van der Waals surface area (Å²) in [6.07, 6.45) is 1.82. The van der Waals surface area contributed by atoms with Gasteiger partial charge >= 0.3 is 0 Å². The predicted molar refractivity (Wildman–Crippen MR) is 91.0 cm³/mol. The molecule has 0 aliphatic heterocycles. The highest BCUT2D eigenvalue weighted by molar-refractivity contribution is 5.95. The van der Waals surface area contributed by atoms with E-state index in [0.717, 1.165) is 10.8 Å². The Hall–Kier alpha value is -2.66. The van der Waals surface area contributed by atoms with Crippen LogP contribution in [0.4, 0.5) is 5.69 Å². The molecule has 1 heterocycles. The number of benzene rings is 2. The van der Waals surface area contributed by atoms with Crippen LogP contribution >= 0.6 is 0 Å². The Balaban J connectivity index is 2.44. The highest BCUT2D eigenvalue weighted by atomic mass is 14.9. The summed E-state index contributed by atoms with van der Waals surface area (Å²) in [6.45, 7) is 4.04. The van der Waals surface area contributed by atoms with E-state index in [2.05, 4.69) is 4.85 Å². The zero-order valence-corrected chi connectivity index (χ0v) is 12.4. The first kappa shape index (κ1) is 8.70. The Morgan fingerprint density at radius 1 is 1.14 bits per heavy atom. The number of hydrogen-bond donors (Lipinski definition) is 0. The second kappa shape index (κ2) is 5.27. The van der Waals surface area contributed by atoms with Crippen LogP contribution in [-0.2, 0) is 7.05 Å². The summed E-state index contributed by atoms with van der Waals surface area (Å²) in [6, 6.07) is 9.97. The van der Waals surface area contributed by atoms with Crippen LogP contribution < -0.4 is 4.57 Å². The van der Waals surface area contributed by atoms with Gasteiger partial charge in [-0.3, -0.25) is 0 Å². The van der Waals surface area contributed by atoms with Gasteiger partial charge in [0.25, 0.3) is 0 Å². The minimum absolute atomic E-state index is 0.00555. The lowest BCUT2D eigenvalue weighted by molar-refractivity contribution is -0.659. The van der Waals surface area contributed by atoms with Gasteiger partial charge in [0.15, 0.2) is 11.9 Å². The Labute approximate surface area is 139 Å². The molecule has 1 aromatic heterocycles. The fraction of sp³-hybridized carbons (Fsp3) is 0.200. The van der Waals surface area contributed by atoms with E-state index in [1.807, 2.05) is 29.9 Å². The molecule has 0 aliphatic carbocycles. The van der Waals surface area contributed by atoms with Crippen molar-refractivity contribution in [1.29, 1.82) is 0 Å². The van der Waals surface area contributed by atoms with Gasteiger partial charge in [0.1, 0.15) is 7.05 Å². The molecule has 0 spiro atoms. The third-order valence-corrected chi connectivity index (χ3v) is 3.91. The lowest BCUT2D eigenvalue weighted by atomic mass is 9.94. The lowest BCUT2D eigenvalue weighted by Crippen LogP contribution is -2.30. The van der Waals surface area contributed by atoms with Gasteiger partial charge in [-0.2, -0.15) is 0 Å². The van der Waals surface area contributed by atoms with E-state index in [-0.39, 0.29) is 11.1 Å². The average Bonchev–Trinajstić information content (AvgIpc) is 2.60. The molecular formula is C20H19N2+. The van der Waals surface area contributed by atoms with E-state index >= 15 is 0 Å². The zero-order valence-electron chi connectivity index (χ0n) is 18.4. The molecule has 0 N–H and O–H groups in total. The molecule has 2 aromatic carbocycles. The van der Waals surface area contributed by atoms with Gasteiger partial charge in [-0.15, -0.1) is 0 Å². The third kappa shape index (κ3) is 2.25. The van der Waals surface area contributed by atoms with Crippen molar-refractivity contribution in [2.75, 3.05) is 0 Å². The third-order valence-electron chi connectivity index (χ3n) is 3.91. The first-order chi connectivity index (χ1) is 12.9. The monoisotopic (exact) mass is 293 g/mol. The van der Waals surface area contributed by atoms with Crippen molar-refractivity contribution >= 4 is 16.5 Å². The summed E-state index contributed by atoms with van der Waals surface area (Å²) in [5, 5.41) is 1.65. The number of pyridine rings is 1. The van der Waals surface area contributed by atoms with Crippen molar-refractivity contribution in [3.8, 4) is 11.3 Å². The molecule has 0 saturated carbocycles. The Morgan fingerprint density at radius 3 is 2.73 bits per heavy atom. The van der Waals surface area contributed by atoms with E-state index in [9.17, 15) is 0 Å². The summed E-state index contributed by atoms with van der Waals surface area (Å²) < 4.78 is 48.8. The first-order valence-electron chi connectivity index (χ1n) is 9.89. The van der Waals surface area contributed by atoms with Gasteiger partial charge in [0.05, 0.1) is 17.5 Å². The summed E-state index contributed by atoms with van der Waals surface area (Å²) in [4.78, 5) is 3.45. The standard InChI is InChI=1S/C20H19N2/c1-13-10-14(2)15(3)19(11-13)20-18-7-6-17(21-4)12-16(18)8-9-22(20)5/h6-12H,1-3,5H3/q+1/i1D3,2D3. The molecule has 0 bridgehead atoms. The quantitative estimate of drug-likeness (QED) is 0.449. The molecule has 0 aliphatic rings. The second-order valence-corrected chi connectivity index (χ2v) is 5.35. The van der Waals surface area contributed by atoms with Gasteiger partial charge in [0, 0.05) is 14.3 Å². The maximum absolute atomic E-state index is 7.85. The highest BCUT2D eigenvalue weighted by Gasteiger charge is 2.18. The van der Waals surface area contributed by atoms with Crippen molar-refractivity contribution in [2.45, 2.75) is 20.6 Å². The molecule has 2 heteroatoms. The topological polar surface area (TPSA) is 8.24 Å². The van der Waals surface area contributed by atoms with Gasteiger partial charge in [-0.25, -0.2) is 9.41 Å². The van der Waals surface area contributed by atoms with Crippen LogP contribution in [0.5, 0.6) is 0 Å². The summed E-state index contributed by atoms with van der Waals surface area (Å²) >= 11 is 0. The summed E-state index contributed by atoms with van der Waals surface area (Å²) in [5.74, 6) is 0. The lowest BCUT2D eigenvalue weighted by Gasteiger charge is -2.11. The molecule has 0 amide bonds. The van der Waals surface area contributed by atoms with E-state index in [4.69, 9.17) is 14.8 Å². The molecule has 108 valence electrons. The molecule has 0 fully saturated rings. The summed E-state index contributed by atoms with van der Waals surface area (Å²) in [5.41, 5.74) is 2.32. The number of rotatable bonds is 1. The Morgan fingerprint density at radius 2 is 2.00 bits per heavy atom. The number of aromatic nitrogens is 1. The zero-order chi connectivity index (χ0) is 20.9. The first-order valence-corrected chi connectivity index (χ1v) is 6.89. The molecule has 0 saturated heterocycles. The van der Waals surface area contributed by atoms with Crippen LogP contribution in [0.1, 0.15) is 24.9 Å². The van der Waals surface area contributed by atoms with Gasteiger partial charge in [-0.1, -0.05) is 23.8 Å². The Bertz CT molecular complexity index is 1120. The van der Waals surface area contributed by atoms with Crippen LogP contribution in [-0.4, -0.2) is 0 Å². The molecule has 3 rings (SSSR count). The number of nitrogens with zero attached hydrogens (tertiary/aromatic N) is 2. The number of hydrogen-bond acceptors (Lipinski definition) is 0. The highest BCUT2D eigenvalue weighted by Crippen LogP contribution is 2.31. The van der Waals surface area contributed by atoms with E-state index in [0.29, 0.717) is 22.5 Å². The van der Waals surface area contributed by atoms with E-state index < -0.39 is 13.7 Å². The number of aryl methyl sites for hydroxylation is 3. The van der Waals surface area contributed by atoms with Crippen LogP contribution in [0, 0.1) is 27.2 Å². The molecule has 0 radical (unpaired) electrons. The number of fused-ring (bicyclic) bond motifs is 1. The Kier molecular flexibility index (Phi) is 2.09. The van der Waals surface area contributed by atoms with Gasteiger partial charge < -0.3 is 0 Å². The van der Waals surface area contributed by atoms with Crippen molar-refractivity contribution in [3.05, 3.63) is 70.7 Å². The van der Waals surface area contributed by atoms with Gasteiger partial charge in [-0.05, 0) is 49.3 Å². The van der Waals surface area contributed by atoms with Crippen molar-refractivity contribution in [2.24, 2.45) is 7.05 Å². The molecule has 22 heavy (non-hydrogen) atoms. The van der Waals surface area contributed by atoms with Gasteiger partial charge in [0.2, 0.25) is 5.69 Å². The van der Waals surface area contributed by atoms with Crippen LogP contribution in [0.15, 0.2) is 42.6 Å². The predicted octanol–water partition coefficient (Wildman–Crippen LogP) is 4.81. The maximum Gasteiger partial charge on any atom is 0.220 e. The minimum Gasteiger partial charge on any atom is -0.238 e. The van der Waals surface area contributed by atoms with Crippen molar-refractivity contribution in [3.63, 3.8) is 0 Å². The SMILES string of the molecule is [2H]C([2H])([2H])c1cc(-c2c3ccc([N+]#[C-])cc3cc[n+]2C)c(C)c(C([2H])([2H])[2H])c1. The average molecular weight is 293 g/mol. The van der Waals surface area contributed by atoms with Crippen molar-refractivity contribution < 1.29 is 12.8 Å².